The van der Waals surface area contributed by atoms with Gasteiger partial charge in [-0.15, -0.1) is 0 Å². The van der Waals surface area contributed by atoms with Crippen LogP contribution in [0.15, 0.2) is 18.2 Å². The van der Waals surface area contributed by atoms with Gasteiger partial charge in [0, 0.05) is 24.1 Å². The van der Waals surface area contributed by atoms with Crippen molar-refractivity contribution in [1.82, 2.24) is 5.32 Å². The largest absolute Gasteiger partial charge is 0.381 e. The molecule has 0 unspecified atom stereocenters. The van der Waals surface area contributed by atoms with Crippen LogP contribution >= 0.6 is 15.9 Å². The summed E-state index contributed by atoms with van der Waals surface area (Å²) in [6, 6.07) is 3.85. The van der Waals surface area contributed by atoms with E-state index in [1.165, 1.54) is 12.1 Å². The summed E-state index contributed by atoms with van der Waals surface area (Å²) in [5, 5.41) is 3.53. The molecule has 2 rings (SSSR count). The fourth-order valence-corrected chi connectivity index (χ4v) is 2.95. The van der Waals surface area contributed by atoms with Crippen molar-refractivity contribution in [3.8, 4) is 0 Å². The third-order valence-electron chi connectivity index (χ3n) is 3.49. The second-order valence-electron chi connectivity index (χ2n) is 4.96. The summed E-state index contributed by atoms with van der Waals surface area (Å²) in [5.41, 5.74) is -0.293. The van der Waals surface area contributed by atoms with Gasteiger partial charge >= 0.3 is 0 Å². The number of amides is 1. The molecule has 1 aromatic carbocycles. The van der Waals surface area contributed by atoms with Crippen molar-refractivity contribution in [3.05, 3.63) is 35.4 Å². The zero-order chi connectivity index (χ0) is 14.6. The van der Waals surface area contributed by atoms with E-state index in [4.69, 9.17) is 4.74 Å². The first kappa shape index (κ1) is 15.4. The Morgan fingerprint density at radius 2 is 2.05 bits per heavy atom. The molecule has 0 atom stereocenters. The van der Waals surface area contributed by atoms with Crippen molar-refractivity contribution in [1.29, 1.82) is 0 Å². The highest BCUT2D eigenvalue weighted by Gasteiger charge is 2.33. The molecule has 0 saturated carbocycles. The van der Waals surface area contributed by atoms with Gasteiger partial charge in [0.2, 0.25) is 5.91 Å². The summed E-state index contributed by atoms with van der Waals surface area (Å²) in [4.78, 5) is 12.0. The van der Waals surface area contributed by atoms with E-state index in [0.29, 0.717) is 31.4 Å². The molecule has 0 aromatic heterocycles. The van der Waals surface area contributed by atoms with Crippen LogP contribution < -0.4 is 5.32 Å². The Kier molecular flexibility index (Phi) is 5.10. The smallest absolute Gasteiger partial charge is 0.224 e. The van der Waals surface area contributed by atoms with Crippen LogP contribution in [0.2, 0.25) is 0 Å². The van der Waals surface area contributed by atoms with Gasteiger partial charge in [-0.2, -0.15) is 0 Å². The van der Waals surface area contributed by atoms with Gasteiger partial charge < -0.3 is 10.1 Å². The Morgan fingerprint density at radius 3 is 2.70 bits per heavy atom. The SMILES string of the molecule is O=C(Cc1cccc(F)c1F)NC1(CBr)CCOCC1. The first-order valence-corrected chi connectivity index (χ1v) is 7.56. The Hall–Kier alpha value is -1.01. The van der Waals surface area contributed by atoms with Crippen LogP contribution in [0.25, 0.3) is 0 Å². The predicted molar refractivity (Wildman–Crippen MR) is 74.8 cm³/mol. The maximum atomic E-state index is 13.5. The molecule has 6 heteroatoms. The van der Waals surface area contributed by atoms with E-state index in [-0.39, 0.29) is 23.4 Å². The second-order valence-corrected chi connectivity index (χ2v) is 5.52. The van der Waals surface area contributed by atoms with Crippen molar-refractivity contribution in [3.63, 3.8) is 0 Å². The summed E-state index contributed by atoms with van der Waals surface area (Å²) < 4.78 is 31.9. The minimum absolute atomic E-state index is 0.0688. The Morgan fingerprint density at radius 1 is 1.35 bits per heavy atom. The number of carbonyl (C=O) groups excluding carboxylic acids is 1. The van der Waals surface area contributed by atoms with Crippen LogP contribution in [0, 0.1) is 11.6 Å². The van der Waals surface area contributed by atoms with Gasteiger partial charge in [0.25, 0.3) is 0 Å². The molecule has 20 heavy (non-hydrogen) atoms. The van der Waals surface area contributed by atoms with Crippen molar-refractivity contribution >= 4 is 21.8 Å². The van der Waals surface area contributed by atoms with E-state index >= 15 is 0 Å². The molecule has 0 bridgehead atoms. The molecular formula is C14H16BrF2NO2. The van der Waals surface area contributed by atoms with Gasteiger partial charge in [0.15, 0.2) is 11.6 Å². The van der Waals surface area contributed by atoms with Gasteiger partial charge in [-0.3, -0.25) is 4.79 Å². The quantitative estimate of drug-likeness (QED) is 0.850. The molecule has 1 aliphatic heterocycles. The average molecular weight is 348 g/mol. The van der Waals surface area contributed by atoms with E-state index in [2.05, 4.69) is 21.2 Å². The number of halogens is 3. The Bertz CT molecular complexity index is 490. The lowest BCUT2D eigenvalue weighted by Crippen LogP contribution is -2.53. The van der Waals surface area contributed by atoms with E-state index in [9.17, 15) is 13.6 Å². The number of hydrogen-bond donors (Lipinski definition) is 1. The van der Waals surface area contributed by atoms with Crippen LogP contribution in [0.3, 0.4) is 0 Å². The van der Waals surface area contributed by atoms with E-state index < -0.39 is 11.6 Å². The van der Waals surface area contributed by atoms with Crippen molar-refractivity contribution < 1.29 is 18.3 Å². The Balaban J connectivity index is 2.03. The van der Waals surface area contributed by atoms with Gasteiger partial charge in [-0.05, 0) is 18.9 Å². The lowest BCUT2D eigenvalue weighted by molar-refractivity contribution is -0.123. The number of benzene rings is 1. The molecule has 0 spiro atoms. The molecule has 1 N–H and O–H groups in total. The van der Waals surface area contributed by atoms with Crippen molar-refractivity contribution in [2.45, 2.75) is 24.8 Å². The molecule has 0 aliphatic carbocycles. The van der Waals surface area contributed by atoms with Crippen molar-refractivity contribution in [2.75, 3.05) is 18.5 Å². The van der Waals surface area contributed by atoms with E-state index in [1.54, 1.807) is 0 Å². The fourth-order valence-electron chi connectivity index (χ4n) is 2.25. The number of alkyl halides is 1. The van der Waals surface area contributed by atoms with Gasteiger partial charge in [-0.1, -0.05) is 28.1 Å². The van der Waals surface area contributed by atoms with Gasteiger partial charge in [0.1, 0.15) is 0 Å². The molecule has 1 amide bonds. The van der Waals surface area contributed by atoms with Crippen LogP contribution in [0.5, 0.6) is 0 Å². The summed E-state index contributed by atoms with van der Waals surface area (Å²) in [5.74, 6) is -2.20. The summed E-state index contributed by atoms with van der Waals surface area (Å²) in [6.45, 7) is 1.17. The summed E-state index contributed by atoms with van der Waals surface area (Å²) in [7, 11) is 0. The summed E-state index contributed by atoms with van der Waals surface area (Å²) >= 11 is 3.40. The van der Waals surface area contributed by atoms with Crippen LogP contribution in [0.4, 0.5) is 8.78 Å². The third-order valence-corrected chi connectivity index (χ3v) is 4.57. The van der Waals surface area contributed by atoms with E-state index in [1.807, 2.05) is 0 Å². The lowest BCUT2D eigenvalue weighted by atomic mass is 9.92. The Labute approximate surface area is 124 Å². The minimum Gasteiger partial charge on any atom is -0.381 e. The average Bonchev–Trinajstić information content (AvgIpc) is 2.45. The maximum absolute atomic E-state index is 13.5. The first-order chi connectivity index (χ1) is 9.56. The second kappa shape index (κ2) is 6.63. The minimum atomic E-state index is -0.956. The summed E-state index contributed by atoms with van der Waals surface area (Å²) in [6.07, 6.45) is 1.24. The number of ether oxygens (including phenoxy) is 1. The molecule has 110 valence electrons. The van der Waals surface area contributed by atoms with Gasteiger partial charge in [0.05, 0.1) is 12.0 Å². The zero-order valence-electron chi connectivity index (χ0n) is 10.9. The number of rotatable bonds is 4. The van der Waals surface area contributed by atoms with Crippen LogP contribution in [-0.2, 0) is 16.0 Å². The normalized spacial score (nSPS) is 17.8. The third kappa shape index (κ3) is 3.55. The highest BCUT2D eigenvalue weighted by Crippen LogP contribution is 2.23. The topological polar surface area (TPSA) is 38.3 Å². The molecule has 0 radical (unpaired) electrons. The first-order valence-electron chi connectivity index (χ1n) is 6.44. The molecule has 1 heterocycles. The number of hydrogen-bond acceptors (Lipinski definition) is 2. The molecule has 1 saturated heterocycles. The molecule has 1 fully saturated rings. The van der Waals surface area contributed by atoms with Crippen molar-refractivity contribution in [2.24, 2.45) is 0 Å². The highest BCUT2D eigenvalue weighted by molar-refractivity contribution is 9.09. The number of nitrogens with one attached hydrogen (secondary N) is 1. The standard InChI is InChI=1S/C14H16BrF2NO2/c15-9-14(4-6-20-7-5-14)18-12(19)8-10-2-1-3-11(16)13(10)17/h1-3H,4-9H2,(H,18,19). The van der Waals surface area contributed by atoms with E-state index in [0.717, 1.165) is 6.07 Å². The fraction of sp³-hybridized carbons (Fsp3) is 0.500. The lowest BCUT2D eigenvalue weighted by Gasteiger charge is -2.36. The van der Waals surface area contributed by atoms with Crippen LogP contribution in [-0.4, -0.2) is 30.0 Å². The van der Waals surface area contributed by atoms with Crippen LogP contribution in [0.1, 0.15) is 18.4 Å². The van der Waals surface area contributed by atoms with Gasteiger partial charge in [-0.25, -0.2) is 8.78 Å². The zero-order valence-corrected chi connectivity index (χ0v) is 12.5. The molecular weight excluding hydrogens is 332 g/mol. The predicted octanol–water partition coefficient (Wildman–Crippen LogP) is 2.57. The molecule has 1 aliphatic rings. The molecule has 1 aromatic rings. The maximum Gasteiger partial charge on any atom is 0.224 e. The number of carbonyl (C=O) groups is 1. The molecule has 3 nitrogen and oxygen atoms in total. The monoisotopic (exact) mass is 347 g/mol. The highest BCUT2D eigenvalue weighted by atomic mass is 79.9.